The number of halogens is 19. The van der Waals surface area contributed by atoms with Crippen LogP contribution in [0.5, 0.6) is 11.5 Å². The number of benzene rings is 11. The topological polar surface area (TPSA) is 18.5 Å². The Kier molecular flexibility index (Phi) is 8.96. The fourth-order valence-electron chi connectivity index (χ4n) is 9.05. The van der Waals surface area contributed by atoms with Crippen molar-refractivity contribution in [1.29, 1.82) is 0 Å². The molecule has 11 aromatic carbocycles. The molecule has 0 heterocycles. The Labute approximate surface area is 361 Å². The highest BCUT2D eigenvalue weighted by Gasteiger charge is 2.43. The van der Waals surface area contributed by atoms with E-state index in [1.807, 2.05) is 0 Å². The molecule has 68 heavy (non-hydrogen) atoms. The molecule has 0 N–H and O–H groups in total. The molecule has 2 nitrogen and oxygen atoms in total. The van der Waals surface area contributed by atoms with Crippen LogP contribution in [0.15, 0.2) is 48.5 Å². The minimum absolute atomic E-state index is 0.214. The van der Waals surface area contributed by atoms with Crippen molar-refractivity contribution in [3.05, 3.63) is 159 Å². The van der Waals surface area contributed by atoms with Crippen LogP contribution in [0.4, 0.5) is 83.4 Å². The van der Waals surface area contributed by atoms with E-state index in [1.165, 1.54) is 0 Å². The van der Waals surface area contributed by atoms with Crippen molar-refractivity contribution < 1.29 is 92.7 Å². The largest absolute Gasteiger partial charge is 0.636 e. The van der Waals surface area contributed by atoms with Gasteiger partial charge in [-0.1, -0.05) is 24.3 Å². The second-order valence-electron chi connectivity index (χ2n) is 15.2. The first kappa shape index (κ1) is 43.0. The fourth-order valence-corrected chi connectivity index (χ4v) is 9.05. The summed E-state index contributed by atoms with van der Waals surface area (Å²) in [7, 11) is -3.67. The Morgan fingerprint density at radius 3 is 0.941 bits per heavy atom. The molecule has 0 radical (unpaired) electrons. The molecule has 0 atom stereocenters. The van der Waals surface area contributed by atoms with E-state index in [4.69, 9.17) is 9.31 Å². The minimum atomic E-state index is -3.67. The van der Waals surface area contributed by atoms with Crippen molar-refractivity contribution in [3.63, 3.8) is 0 Å². The van der Waals surface area contributed by atoms with E-state index in [9.17, 15) is 8.78 Å². The third-order valence-corrected chi connectivity index (χ3v) is 11.9. The third-order valence-electron chi connectivity index (χ3n) is 11.9. The average Bonchev–Trinajstić information content (AvgIpc) is 3.31. The summed E-state index contributed by atoms with van der Waals surface area (Å²) < 4.78 is 310. The number of rotatable bonds is 5. The highest BCUT2D eigenvalue weighted by Crippen LogP contribution is 2.48. The van der Waals surface area contributed by atoms with Gasteiger partial charge in [-0.3, -0.25) is 0 Å². The summed E-state index contributed by atoms with van der Waals surface area (Å²) in [6.45, 7) is 0. The van der Waals surface area contributed by atoms with Crippen LogP contribution < -0.4 is 14.8 Å². The Hall–Kier alpha value is -7.65. The zero-order chi connectivity index (χ0) is 48.6. The molecule has 340 valence electrons. The van der Waals surface area contributed by atoms with Gasteiger partial charge in [-0.05, 0) is 35.0 Å². The van der Waals surface area contributed by atoms with E-state index in [0.717, 1.165) is 36.4 Å². The molecule has 0 aliphatic heterocycles. The van der Waals surface area contributed by atoms with Gasteiger partial charge in [0.1, 0.15) is 34.8 Å². The molecule has 0 amide bonds. The first-order valence-corrected chi connectivity index (χ1v) is 18.9. The summed E-state index contributed by atoms with van der Waals surface area (Å²) in [5.41, 5.74) is -2.26. The zero-order valence-electron chi connectivity index (χ0n) is 32.2. The summed E-state index contributed by atoms with van der Waals surface area (Å²) in [6.07, 6.45) is 0. The van der Waals surface area contributed by atoms with Crippen LogP contribution in [0.2, 0.25) is 0 Å². The van der Waals surface area contributed by atoms with E-state index in [1.54, 1.807) is 0 Å². The minimum Gasteiger partial charge on any atom is -0.519 e. The van der Waals surface area contributed by atoms with Gasteiger partial charge in [0.15, 0.2) is 87.3 Å². The highest BCUT2D eigenvalue weighted by molar-refractivity contribution is 6.66. The first-order chi connectivity index (χ1) is 32.2. The van der Waals surface area contributed by atoms with Gasteiger partial charge >= 0.3 is 7.12 Å². The maximum atomic E-state index is 16.8. The molecule has 0 aliphatic carbocycles. The molecule has 11 rings (SSSR count). The SMILES string of the molecule is Fc1c(F)c(F)c2c(F)c3c(B(Oc4c(F)c(F)c5c(F)c(F)c6c(F)ccc7ccc4c5c76)Oc4c(F)c(F)c5c(F)c(F)c6c(F)ccc7ccc4c5c76)c(F)c(F)c(F)c3c(F)c2c1F. The van der Waals surface area contributed by atoms with Crippen LogP contribution in [0.3, 0.4) is 0 Å². The van der Waals surface area contributed by atoms with Gasteiger partial charge in [-0.2, -0.15) is 8.78 Å². The van der Waals surface area contributed by atoms with Gasteiger partial charge in [0.2, 0.25) is 0 Å². The Balaban J connectivity index is 1.30. The zero-order valence-corrected chi connectivity index (χ0v) is 32.2. The first-order valence-electron chi connectivity index (χ1n) is 18.9. The highest BCUT2D eigenvalue weighted by atomic mass is 19.2. The maximum Gasteiger partial charge on any atom is 0.636 e. The normalized spacial score (nSPS) is 12.3. The standard InChI is InChI=1S/C46H8BF19O2/c48-13-7-3-9-1-5-11-17-15(9)19(13)30(52)32(54)22(17)37(59)43(65)45(11)67-47(27-21-24(34(56)40(62)39(27)61)29(51)26-25(28(21)50)35(57)41(63)42(64)36(26)58)68-46-12-6-2-10-4-8-14(49)20-16(10)18(12)23(33(55)31(20)53)38(60)44(46)66/h1-8H. The van der Waals surface area contributed by atoms with Gasteiger partial charge in [-0.25, -0.2) is 74.6 Å². The lowest BCUT2D eigenvalue weighted by molar-refractivity contribution is 0.390. The molecule has 0 fully saturated rings. The Morgan fingerprint density at radius 1 is 0.235 bits per heavy atom. The Bertz CT molecular complexity index is 3980. The van der Waals surface area contributed by atoms with E-state index < -0.39 is 210 Å². The van der Waals surface area contributed by atoms with Crippen LogP contribution in [-0.4, -0.2) is 7.12 Å². The van der Waals surface area contributed by atoms with E-state index in [-0.39, 0.29) is 10.8 Å². The number of hydrogen-bond acceptors (Lipinski definition) is 2. The molecule has 0 aromatic heterocycles. The van der Waals surface area contributed by atoms with Gasteiger partial charge in [-0.15, -0.1) is 0 Å². The molecular weight excluding hydrogens is 956 g/mol. The average molecular weight is 964 g/mol. The predicted molar refractivity (Wildman–Crippen MR) is 208 cm³/mol. The van der Waals surface area contributed by atoms with Crippen LogP contribution in [-0.2, 0) is 0 Å². The van der Waals surface area contributed by atoms with Crippen LogP contribution in [0.1, 0.15) is 0 Å². The second-order valence-corrected chi connectivity index (χ2v) is 15.2. The summed E-state index contributed by atoms with van der Waals surface area (Å²) in [5.74, 6) is -50.2. The lowest BCUT2D eigenvalue weighted by Crippen LogP contribution is -2.46. The van der Waals surface area contributed by atoms with E-state index >= 15 is 74.6 Å². The molecule has 11 aromatic rings. The van der Waals surface area contributed by atoms with E-state index in [2.05, 4.69) is 0 Å². The quantitative estimate of drug-likeness (QED) is 0.0427. The van der Waals surface area contributed by atoms with E-state index in [0.29, 0.717) is 12.1 Å². The molecule has 0 unspecified atom stereocenters. The molecule has 0 spiro atoms. The van der Waals surface area contributed by atoms with Crippen molar-refractivity contribution >= 4 is 98.8 Å². The van der Waals surface area contributed by atoms with Crippen molar-refractivity contribution in [2.24, 2.45) is 0 Å². The Morgan fingerprint density at radius 2 is 0.529 bits per heavy atom. The summed E-state index contributed by atoms with van der Waals surface area (Å²) in [6, 6.07) is 6.48. The van der Waals surface area contributed by atoms with Gasteiger partial charge in [0, 0.05) is 37.7 Å². The predicted octanol–water partition coefficient (Wildman–Crippen LogP) is 14.3. The van der Waals surface area contributed by atoms with Crippen molar-refractivity contribution in [1.82, 2.24) is 0 Å². The van der Waals surface area contributed by atoms with Gasteiger partial charge < -0.3 is 9.31 Å². The molecule has 0 saturated heterocycles. The summed E-state index contributed by atoms with van der Waals surface area (Å²) >= 11 is 0. The smallest absolute Gasteiger partial charge is 0.519 e. The monoisotopic (exact) mass is 964 g/mol. The van der Waals surface area contributed by atoms with Gasteiger partial charge in [0.25, 0.3) is 0 Å². The lowest BCUT2D eigenvalue weighted by Gasteiger charge is -2.24. The summed E-state index contributed by atoms with van der Waals surface area (Å²) in [5, 5.41) is -20.4. The van der Waals surface area contributed by atoms with Crippen molar-refractivity contribution in [3.8, 4) is 11.5 Å². The molecular formula is C46H8BF19O2. The third kappa shape index (κ3) is 5.19. The van der Waals surface area contributed by atoms with Crippen molar-refractivity contribution in [2.75, 3.05) is 0 Å². The van der Waals surface area contributed by atoms with Crippen LogP contribution in [0.25, 0.3) is 86.2 Å². The number of hydrogen-bond donors (Lipinski definition) is 0. The lowest BCUT2D eigenvalue weighted by atomic mass is 9.73. The second kappa shape index (κ2) is 14.2. The van der Waals surface area contributed by atoms with Crippen molar-refractivity contribution in [2.45, 2.75) is 0 Å². The molecule has 22 heteroatoms. The molecule has 0 saturated carbocycles. The molecule has 0 aliphatic rings. The van der Waals surface area contributed by atoms with Crippen LogP contribution >= 0.6 is 0 Å². The van der Waals surface area contributed by atoms with Crippen LogP contribution in [0, 0.1) is 111 Å². The number of fused-ring (bicyclic) bond motifs is 2. The molecule has 0 bridgehead atoms. The maximum absolute atomic E-state index is 16.8. The fraction of sp³-hybridized carbons (Fsp3) is 0. The van der Waals surface area contributed by atoms with Gasteiger partial charge in [0.05, 0.1) is 43.2 Å². The summed E-state index contributed by atoms with van der Waals surface area (Å²) in [4.78, 5) is 0.